The van der Waals surface area contributed by atoms with Crippen LogP contribution in [0.5, 0.6) is 0 Å². The monoisotopic (exact) mass is 386 g/mol. The Kier molecular flexibility index (Phi) is 5.54. The van der Waals surface area contributed by atoms with E-state index in [-0.39, 0.29) is 12.3 Å². The predicted molar refractivity (Wildman–Crippen MR) is 107 cm³/mol. The lowest BCUT2D eigenvalue weighted by atomic mass is 10.1. The molecular weight excluding hydrogens is 368 g/mol. The minimum Gasteiger partial charge on any atom is -0.369 e. The Hall–Kier alpha value is -2.44. The predicted octanol–water partition coefficient (Wildman–Crippen LogP) is 4.50. The normalized spacial score (nSPS) is 10.7. The van der Waals surface area contributed by atoms with E-state index in [0.29, 0.717) is 10.2 Å². The maximum absolute atomic E-state index is 11.0. The molecule has 26 heavy (non-hydrogen) atoms. The topological polar surface area (TPSA) is 80.9 Å². The molecule has 0 atom stereocenters. The van der Waals surface area contributed by atoms with E-state index in [1.165, 1.54) is 11.3 Å². The summed E-state index contributed by atoms with van der Waals surface area (Å²) in [4.78, 5) is 21.3. The zero-order valence-electron chi connectivity index (χ0n) is 14.5. The van der Waals surface area contributed by atoms with Gasteiger partial charge in [0.2, 0.25) is 5.91 Å². The number of halogens is 1. The minimum atomic E-state index is -0.343. The summed E-state index contributed by atoms with van der Waals surface area (Å²) in [6.07, 6.45) is 1.05. The minimum absolute atomic E-state index is 0.233. The van der Waals surface area contributed by atoms with Crippen molar-refractivity contribution in [1.29, 1.82) is 0 Å². The standard InChI is InChI=1S/C19H19ClN4OS/c1-3-14-11(2)22-19(15-8-9-16(20)26-15)24-18(14)23-13-6-4-12(5-7-13)10-17(21)25/h4-9H,3,10H2,1-2H3,(H2,21,25)(H,22,23,24). The third-order valence-electron chi connectivity index (χ3n) is 3.96. The van der Waals surface area contributed by atoms with Crippen molar-refractivity contribution < 1.29 is 4.79 Å². The van der Waals surface area contributed by atoms with E-state index in [9.17, 15) is 4.79 Å². The van der Waals surface area contributed by atoms with Crippen molar-refractivity contribution in [1.82, 2.24) is 9.97 Å². The van der Waals surface area contributed by atoms with Crippen LogP contribution >= 0.6 is 22.9 Å². The van der Waals surface area contributed by atoms with E-state index in [2.05, 4.69) is 17.2 Å². The first-order valence-electron chi connectivity index (χ1n) is 8.23. The number of hydrogen-bond donors (Lipinski definition) is 2. The lowest BCUT2D eigenvalue weighted by Gasteiger charge is -2.14. The lowest BCUT2D eigenvalue weighted by Crippen LogP contribution is -2.13. The number of carbonyl (C=O) groups excluding carboxylic acids is 1. The first-order valence-corrected chi connectivity index (χ1v) is 9.43. The van der Waals surface area contributed by atoms with E-state index >= 15 is 0 Å². The van der Waals surface area contributed by atoms with Gasteiger partial charge in [-0.25, -0.2) is 9.97 Å². The van der Waals surface area contributed by atoms with Gasteiger partial charge in [-0.1, -0.05) is 30.7 Å². The third-order valence-corrected chi connectivity index (χ3v) is 5.18. The van der Waals surface area contributed by atoms with Gasteiger partial charge in [0.1, 0.15) is 5.82 Å². The Morgan fingerprint density at radius 2 is 1.92 bits per heavy atom. The molecule has 3 rings (SSSR count). The van der Waals surface area contributed by atoms with Crippen molar-refractivity contribution in [2.75, 3.05) is 5.32 Å². The second-order valence-corrected chi connectivity index (χ2v) is 7.60. The van der Waals surface area contributed by atoms with Gasteiger partial charge in [-0.15, -0.1) is 11.3 Å². The van der Waals surface area contributed by atoms with Crippen LogP contribution in [0.2, 0.25) is 4.34 Å². The van der Waals surface area contributed by atoms with E-state index < -0.39 is 0 Å². The summed E-state index contributed by atoms with van der Waals surface area (Å²) >= 11 is 7.50. The number of anilines is 2. The Morgan fingerprint density at radius 1 is 1.19 bits per heavy atom. The number of carbonyl (C=O) groups is 1. The van der Waals surface area contributed by atoms with Gasteiger partial charge in [0.15, 0.2) is 5.82 Å². The number of benzene rings is 1. The Balaban J connectivity index is 1.92. The SMILES string of the molecule is CCc1c(C)nc(-c2ccc(Cl)s2)nc1Nc1ccc(CC(N)=O)cc1. The van der Waals surface area contributed by atoms with Gasteiger partial charge in [-0.3, -0.25) is 4.79 Å². The molecule has 7 heteroatoms. The summed E-state index contributed by atoms with van der Waals surface area (Å²) in [6, 6.07) is 11.4. The zero-order valence-corrected chi connectivity index (χ0v) is 16.1. The van der Waals surface area contributed by atoms with Gasteiger partial charge in [-0.2, -0.15) is 0 Å². The van der Waals surface area contributed by atoms with Crippen LogP contribution in [0.4, 0.5) is 11.5 Å². The first kappa shape index (κ1) is 18.4. The molecule has 1 amide bonds. The fraction of sp³-hybridized carbons (Fsp3) is 0.211. The largest absolute Gasteiger partial charge is 0.369 e. The Morgan fingerprint density at radius 3 is 2.50 bits per heavy atom. The van der Waals surface area contributed by atoms with E-state index in [1.807, 2.05) is 43.3 Å². The molecule has 0 radical (unpaired) electrons. The summed E-state index contributed by atoms with van der Waals surface area (Å²) in [7, 11) is 0. The second-order valence-electron chi connectivity index (χ2n) is 5.88. The number of primary amides is 1. The molecule has 0 bridgehead atoms. The molecule has 1 aromatic carbocycles. The number of aromatic nitrogens is 2. The number of nitrogens with two attached hydrogens (primary N) is 1. The quantitative estimate of drug-likeness (QED) is 0.653. The molecular formula is C19H19ClN4OS. The smallest absolute Gasteiger partial charge is 0.221 e. The summed E-state index contributed by atoms with van der Waals surface area (Å²) in [5.41, 5.74) is 9.01. The molecule has 0 unspecified atom stereocenters. The molecule has 0 saturated carbocycles. The van der Waals surface area contributed by atoms with Gasteiger partial charge >= 0.3 is 0 Å². The number of nitrogens with zero attached hydrogens (tertiary/aromatic N) is 2. The highest BCUT2D eigenvalue weighted by molar-refractivity contribution is 7.19. The highest BCUT2D eigenvalue weighted by atomic mass is 35.5. The van der Waals surface area contributed by atoms with Gasteiger partial charge in [0.25, 0.3) is 0 Å². The molecule has 2 aromatic heterocycles. The van der Waals surface area contributed by atoms with Crippen LogP contribution in [0.1, 0.15) is 23.7 Å². The maximum Gasteiger partial charge on any atom is 0.221 e. The fourth-order valence-electron chi connectivity index (χ4n) is 2.71. The average molecular weight is 387 g/mol. The molecule has 5 nitrogen and oxygen atoms in total. The van der Waals surface area contributed by atoms with Crippen LogP contribution in [0, 0.1) is 6.92 Å². The molecule has 0 spiro atoms. The van der Waals surface area contributed by atoms with Crippen LogP contribution in [0.3, 0.4) is 0 Å². The van der Waals surface area contributed by atoms with Crippen molar-refractivity contribution in [3.05, 3.63) is 57.6 Å². The summed E-state index contributed by atoms with van der Waals surface area (Å²) in [5, 5.41) is 3.37. The number of hydrogen-bond acceptors (Lipinski definition) is 5. The van der Waals surface area contributed by atoms with Crippen LogP contribution in [-0.2, 0) is 17.6 Å². The van der Waals surface area contributed by atoms with Crippen LogP contribution < -0.4 is 11.1 Å². The molecule has 3 aromatic rings. The molecule has 0 fully saturated rings. The number of rotatable bonds is 6. The second kappa shape index (κ2) is 7.85. The van der Waals surface area contributed by atoms with E-state index in [0.717, 1.165) is 39.6 Å². The Bertz CT molecular complexity index is 937. The van der Waals surface area contributed by atoms with Crippen molar-refractivity contribution in [3.8, 4) is 10.7 Å². The highest BCUT2D eigenvalue weighted by Crippen LogP contribution is 2.31. The summed E-state index contributed by atoms with van der Waals surface area (Å²) < 4.78 is 0.709. The number of thiophene rings is 1. The van der Waals surface area contributed by atoms with Gasteiger partial charge in [0, 0.05) is 16.9 Å². The Labute approximate surface area is 161 Å². The van der Waals surface area contributed by atoms with Gasteiger partial charge < -0.3 is 11.1 Å². The molecule has 0 aliphatic rings. The van der Waals surface area contributed by atoms with Crippen molar-refractivity contribution in [3.63, 3.8) is 0 Å². The third kappa shape index (κ3) is 4.20. The molecule has 3 N–H and O–H groups in total. The van der Waals surface area contributed by atoms with Crippen LogP contribution in [0.15, 0.2) is 36.4 Å². The number of nitrogens with one attached hydrogen (secondary N) is 1. The fourth-order valence-corrected chi connectivity index (χ4v) is 3.69. The van der Waals surface area contributed by atoms with Gasteiger partial charge in [-0.05, 0) is 43.2 Å². The van der Waals surface area contributed by atoms with Crippen molar-refractivity contribution >= 4 is 40.4 Å². The molecule has 0 saturated heterocycles. The maximum atomic E-state index is 11.0. The first-order chi connectivity index (χ1) is 12.5. The molecule has 2 heterocycles. The lowest BCUT2D eigenvalue weighted by molar-refractivity contribution is -0.117. The van der Waals surface area contributed by atoms with E-state index in [4.69, 9.17) is 22.3 Å². The van der Waals surface area contributed by atoms with Crippen LogP contribution in [-0.4, -0.2) is 15.9 Å². The molecule has 0 aliphatic carbocycles. The highest BCUT2D eigenvalue weighted by Gasteiger charge is 2.13. The average Bonchev–Trinajstić information content (AvgIpc) is 3.02. The molecule has 134 valence electrons. The van der Waals surface area contributed by atoms with Crippen LogP contribution in [0.25, 0.3) is 10.7 Å². The summed E-state index contributed by atoms with van der Waals surface area (Å²) in [5.74, 6) is 1.09. The molecule has 0 aliphatic heterocycles. The van der Waals surface area contributed by atoms with Gasteiger partial charge in [0.05, 0.1) is 15.6 Å². The van der Waals surface area contributed by atoms with Crippen molar-refractivity contribution in [2.45, 2.75) is 26.7 Å². The zero-order chi connectivity index (χ0) is 18.7. The van der Waals surface area contributed by atoms with E-state index in [1.54, 1.807) is 0 Å². The van der Waals surface area contributed by atoms with Crippen molar-refractivity contribution in [2.24, 2.45) is 5.73 Å². The number of aryl methyl sites for hydroxylation is 1. The summed E-state index contributed by atoms with van der Waals surface area (Å²) in [6.45, 7) is 4.06. The number of amides is 1.